The first-order valence-corrected chi connectivity index (χ1v) is 3.88. The van der Waals surface area contributed by atoms with Crippen LogP contribution < -0.4 is 11.2 Å². The molecule has 0 atom stereocenters. The van der Waals surface area contributed by atoms with Gasteiger partial charge in [-0.25, -0.2) is 4.79 Å². The molecule has 0 saturated carbocycles. The predicted octanol–water partition coefficient (Wildman–Crippen LogP) is -0.00280. The smallest absolute Gasteiger partial charge is 0.329 e. The Morgan fingerprint density at radius 3 is 2.38 bits per heavy atom. The second-order valence-corrected chi connectivity index (χ2v) is 3.81. The van der Waals surface area contributed by atoms with Gasteiger partial charge >= 0.3 is 5.69 Å². The summed E-state index contributed by atoms with van der Waals surface area (Å²) in [6.07, 6.45) is 1.14. The van der Waals surface area contributed by atoms with Crippen LogP contribution in [0.5, 0.6) is 5.75 Å². The molecular weight excluding hydrogens is 172 g/mol. The number of hydrogen-bond acceptors (Lipinski definition) is 3. The van der Waals surface area contributed by atoms with Crippen molar-refractivity contribution in [1.29, 1.82) is 0 Å². The summed E-state index contributed by atoms with van der Waals surface area (Å²) in [7, 11) is 0. The molecule has 5 heteroatoms. The van der Waals surface area contributed by atoms with Crippen molar-refractivity contribution in [2.45, 2.75) is 26.3 Å². The second kappa shape index (κ2) is 2.76. The highest BCUT2D eigenvalue weighted by Crippen LogP contribution is 2.10. The summed E-state index contributed by atoms with van der Waals surface area (Å²) >= 11 is 0. The normalized spacial score (nSPS) is 11.6. The lowest BCUT2D eigenvalue weighted by atomic mass is 10.1. The van der Waals surface area contributed by atoms with E-state index < -0.39 is 22.5 Å². The Labute approximate surface area is 74.7 Å². The van der Waals surface area contributed by atoms with Crippen molar-refractivity contribution in [3.05, 3.63) is 27.0 Å². The van der Waals surface area contributed by atoms with Gasteiger partial charge in [0.15, 0.2) is 5.75 Å². The second-order valence-electron chi connectivity index (χ2n) is 3.81. The van der Waals surface area contributed by atoms with Crippen LogP contribution in [-0.2, 0) is 5.54 Å². The van der Waals surface area contributed by atoms with E-state index in [4.69, 9.17) is 5.11 Å². The number of H-pyrrole nitrogens is 1. The Balaban J connectivity index is 3.51. The molecule has 0 unspecified atom stereocenters. The molecular formula is C8H12N2O3. The lowest BCUT2D eigenvalue weighted by molar-refractivity contribution is 0.360. The maximum atomic E-state index is 11.2. The van der Waals surface area contributed by atoms with E-state index in [9.17, 15) is 9.59 Å². The Morgan fingerprint density at radius 2 is 1.92 bits per heavy atom. The monoisotopic (exact) mass is 184 g/mol. The molecule has 0 radical (unpaired) electrons. The molecule has 5 nitrogen and oxygen atoms in total. The van der Waals surface area contributed by atoms with E-state index in [2.05, 4.69) is 0 Å². The van der Waals surface area contributed by atoms with Crippen LogP contribution in [0, 0.1) is 0 Å². The van der Waals surface area contributed by atoms with Crippen LogP contribution >= 0.6 is 0 Å². The van der Waals surface area contributed by atoms with Gasteiger partial charge in [0.2, 0.25) is 0 Å². The summed E-state index contributed by atoms with van der Waals surface area (Å²) in [5.74, 6) is -0.450. The van der Waals surface area contributed by atoms with Gasteiger partial charge in [-0.15, -0.1) is 0 Å². The van der Waals surface area contributed by atoms with E-state index in [0.29, 0.717) is 0 Å². The summed E-state index contributed by atoms with van der Waals surface area (Å²) in [5.41, 5.74) is -1.74. The number of nitrogens with one attached hydrogen (secondary N) is 1. The van der Waals surface area contributed by atoms with Crippen molar-refractivity contribution >= 4 is 0 Å². The van der Waals surface area contributed by atoms with Crippen molar-refractivity contribution in [2.24, 2.45) is 0 Å². The van der Waals surface area contributed by atoms with Gasteiger partial charge in [0, 0.05) is 5.54 Å². The first-order valence-electron chi connectivity index (χ1n) is 3.88. The Bertz CT molecular complexity index is 422. The fourth-order valence-electron chi connectivity index (χ4n) is 0.959. The summed E-state index contributed by atoms with van der Waals surface area (Å²) < 4.78 is 1.27. The molecule has 13 heavy (non-hydrogen) atoms. The minimum Gasteiger partial charge on any atom is -0.502 e. The maximum Gasteiger partial charge on any atom is 0.329 e. The van der Waals surface area contributed by atoms with Gasteiger partial charge in [0.1, 0.15) is 0 Å². The molecule has 0 aromatic carbocycles. The number of hydrogen-bond donors (Lipinski definition) is 2. The molecule has 1 rings (SSSR count). The molecule has 0 bridgehead atoms. The molecule has 0 saturated heterocycles. The van der Waals surface area contributed by atoms with Gasteiger partial charge in [-0.2, -0.15) is 0 Å². The van der Waals surface area contributed by atoms with Gasteiger partial charge in [-0.1, -0.05) is 0 Å². The minimum absolute atomic E-state index is 0.450. The third kappa shape index (κ3) is 1.80. The standard InChI is InChI=1S/C8H12N2O3/c1-8(2,3)10-4-5(11)6(12)9-7(10)13/h4,11H,1-3H3,(H,9,12,13). The molecule has 0 spiro atoms. The molecule has 0 aliphatic heterocycles. The maximum absolute atomic E-state index is 11.2. The molecule has 2 N–H and O–H groups in total. The van der Waals surface area contributed by atoms with E-state index in [1.165, 1.54) is 4.57 Å². The topological polar surface area (TPSA) is 75.1 Å². The lowest BCUT2D eigenvalue weighted by Gasteiger charge is -2.21. The zero-order valence-electron chi connectivity index (χ0n) is 7.79. The molecule has 1 aromatic heterocycles. The molecule has 0 aliphatic rings. The highest BCUT2D eigenvalue weighted by molar-refractivity contribution is 5.10. The van der Waals surface area contributed by atoms with E-state index in [-0.39, 0.29) is 0 Å². The van der Waals surface area contributed by atoms with Crippen molar-refractivity contribution < 1.29 is 5.11 Å². The van der Waals surface area contributed by atoms with Crippen molar-refractivity contribution in [3.63, 3.8) is 0 Å². The quantitative estimate of drug-likeness (QED) is 0.595. The number of nitrogens with zero attached hydrogens (tertiary/aromatic N) is 1. The van der Waals surface area contributed by atoms with E-state index in [1.807, 2.05) is 4.98 Å². The van der Waals surface area contributed by atoms with Gasteiger partial charge in [0.05, 0.1) is 6.20 Å². The number of rotatable bonds is 0. The number of aromatic nitrogens is 2. The van der Waals surface area contributed by atoms with E-state index >= 15 is 0 Å². The Morgan fingerprint density at radius 1 is 1.38 bits per heavy atom. The summed E-state index contributed by atoms with van der Waals surface area (Å²) in [5, 5.41) is 9.08. The van der Waals surface area contributed by atoms with E-state index in [1.54, 1.807) is 20.8 Å². The van der Waals surface area contributed by atoms with Gasteiger partial charge in [0.25, 0.3) is 5.56 Å². The predicted molar refractivity (Wildman–Crippen MR) is 48.0 cm³/mol. The molecule has 0 fully saturated rings. The number of aromatic hydroxyl groups is 1. The third-order valence-corrected chi connectivity index (χ3v) is 1.65. The summed E-state index contributed by atoms with van der Waals surface area (Å²) in [4.78, 5) is 24.1. The van der Waals surface area contributed by atoms with Gasteiger partial charge in [-0.3, -0.25) is 14.3 Å². The highest BCUT2D eigenvalue weighted by atomic mass is 16.3. The van der Waals surface area contributed by atoms with Crippen LogP contribution in [-0.4, -0.2) is 14.7 Å². The first-order chi connectivity index (χ1) is 5.82. The van der Waals surface area contributed by atoms with Crippen LogP contribution in [0.15, 0.2) is 15.8 Å². The third-order valence-electron chi connectivity index (χ3n) is 1.65. The number of aromatic amines is 1. The Kier molecular flexibility index (Phi) is 2.03. The van der Waals surface area contributed by atoms with Crippen LogP contribution in [0.3, 0.4) is 0 Å². The zero-order chi connectivity index (χ0) is 10.2. The SMILES string of the molecule is CC(C)(C)n1cc(O)c(=O)[nH]c1=O. The average molecular weight is 184 g/mol. The molecule has 1 heterocycles. The minimum atomic E-state index is -0.759. The van der Waals surface area contributed by atoms with Crippen molar-refractivity contribution in [2.75, 3.05) is 0 Å². The molecule has 1 aromatic rings. The van der Waals surface area contributed by atoms with Crippen LogP contribution in [0.25, 0.3) is 0 Å². The fraction of sp³-hybridized carbons (Fsp3) is 0.500. The zero-order valence-corrected chi connectivity index (χ0v) is 7.79. The van der Waals surface area contributed by atoms with E-state index in [0.717, 1.165) is 6.20 Å². The van der Waals surface area contributed by atoms with Crippen LogP contribution in [0.1, 0.15) is 20.8 Å². The largest absolute Gasteiger partial charge is 0.502 e. The van der Waals surface area contributed by atoms with Crippen LogP contribution in [0.2, 0.25) is 0 Å². The molecule has 72 valence electrons. The molecule has 0 aliphatic carbocycles. The van der Waals surface area contributed by atoms with Gasteiger partial charge < -0.3 is 5.11 Å². The summed E-state index contributed by atoms with van der Waals surface area (Å²) in [6, 6.07) is 0. The van der Waals surface area contributed by atoms with Crippen molar-refractivity contribution in [3.8, 4) is 5.75 Å². The summed E-state index contributed by atoms with van der Waals surface area (Å²) in [6.45, 7) is 5.39. The molecule has 0 amide bonds. The van der Waals surface area contributed by atoms with Gasteiger partial charge in [-0.05, 0) is 20.8 Å². The van der Waals surface area contributed by atoms with Crippen molar-refractivity contribution in [1.82, 2.24) is 9.55 Å². The Hall–Kier alpha value is -1.52. The first kappa shape index (κ1) is 9.57. The average Bonchev–Trinajstić information content (AvgIpc) is 1.94. The fourth-order valence-corrected chi connectivity index (χ4v) is 0.959. The highest BCUT2D eigenvalue weighted by Gasteiger charge is 2.15. The lowest BCUT2D eigenvalue weighted by Crippen LogP contribution is -2.38. The van der Waals surface area contributed by atoms with Crippen LogP contribution in [0.4, 0.5) is 0 Å².